The monoisotopic (exact) mass is 412 g/mol. The lowest BCUT2D eigenvalue weighted by Crippen LogP contribution is -2.39. The molecule has 0 bridgehead atoms. The summed E-state index contributed by atoms with van der Waals surface area (Å²) in [6.45, 7) is 2.21. The van der Waals surface area contributed by atoms with Gasteiger partial charge >= 0.3 is 0 Å². The third-order valence-electron chi connectivity index (χ3n) is 5.14. The first-order valence-corrected chi connectivity index (χ1v) is 9.62. The van der Waals surface area contributed by atoms with Crippen LogP contribution in [0.5, 0.6) is 11.5 Å². The predicted octanol–water partition coefficient (Wildman–Crippen LogP) is 2.67. The first-order valence-electron chi connectivity index (χ1n) is 9.62. The molecule has 1 saturated heterocycles. The van der Waals surface area contributed by atoms with E-state index in [9.17, 15) is 20.0 Å². The molecule has 1 heterocycles. The number of nitro benzene ring substituents is 1. The number of para-hydroxylation sites is 1. The number of nitrogens with zero attached hydrogens (tertiary/aromatic N) is 3. The second-order valence-electron chi connectivity index (χ2n) is 7.11. The number of carbonyl (C=O) groups excluding carboxylic acids is 1. The van der Waals surface area contributed by atoms with Crippen molar-refractivity contribution in [1.29, 1.82) is 0 Å². The number of ether oxygens (including phenoxy) is 1. The number of hydrazone groups is 1. The predicted molar refractivity (Wildman–Crippen MR) is 111 cm³/mol. The number of piperidine rings is 1. The molecule has 9 nitrogen and oxygen atoms in total. The first-order chi connectivity index (χ1) is 14.5. The minimum atomic E-state index is -0.411. The maximum atomic E-state index is 12.4. The van der Waals surface area contributed by atoms with Crippen LogP contribution in [0.25, 0.3) is 0 Å². The number of hydrogen-bond acceptors (Lipinski definition) is 7. The Bertz CT molecular complexity index is 921. The van der Waals surface area contributed by atoms with Gasteiger partial charge in [-0.3, -0.25) is 19.8 Å². The Labute approximate surface area is 174 Å². The van der Waals surface area contributed by atoms with Crippen LogP contribution in [-0.4, -0.2) is 47.3 Å². The number of hydrogen-bond donors (Lipinski definition) is 2. The molecule has 3 rings (SSSR count). The Morgan fingerprint density at radius 2 is 2.00 bits per heavy atom. The van der Waals surface area contributed by atoms with Gasteiger partial charge in [-0.05, 0) is 43.6 Å². The van der Waals surface area contributed by atoms with Crippen LogP contribution in [0.1, 0.15) is 24.0 Å². The number of phenols is 1. The lowest BCUT2D eigenvalue weighted by molar-refractivity contribution is -0.384. The molecule has 1 amide bonds. The molecule has 2 aromatic rings. The summed E-state index contributed by atoms with van der Waals surface area (Å²) in [6, 6.07) is 11.6. The van der Waals surface area contributed by atoms with E-state index in [1.54, 1.807) is 30.3 Å². The van der Waals surface area contributed by atoms with Crippen LogP contribution in [0.15, 0.2) is 47.6 Å². The van der Waals surface area contributed by atoms with Crippen LogP contribution in [0.3, 0.4) is 0 Å². The molecule has 0 saturated carbocycles. The fourth-order valence-electron chi connectivity index (χ4n) is 3.40. The van der Waals surface area contributed by atoms with E-state index < -0.39 is 4.92 Å². The summed E-state index contributed by atoms with van der Waals surface area (Å²) >= 11 is 0. The number of amides is 1. The van der Waals surface area contributed by atoms with Gasteiger partial charge in [-0.25, -0.2) is 5.43 Å². The first kappa shape index (κ1) is 21.3. The highest BCUT2D eigenvalue weighted by Gasteiger charge is 2.25. The Morgan fingerprint density at radius 1 is 1.30 bits per heavy atom. The number of nitro groups is 1. The summed E-state index contributed by atoms with van der Waals surface area (Å²) in [5.74, 6) is 0.0287. The van der Waals surface area contributed by atoms with E-state index in [1.807, 2.05) is 0 Å². The number of rotatable bonds is 7. The van der Waals surface area contributed by atoms with Gasteiger partial charge in [-0.2, -0.15) is 5.10 Å². The number of likely N-dealkylation sites (tertiary alicyclic amines) is 1. The molecule has 0 radical (unpaired) electrons. The van der Waals surface area contributed by atoms with Gasteiger partial charge in [0, 0.05) is 30.2 Å². The van der Waals surface area contributed by atoms with Crippen molar-refractivity contribution in [3.8, 4) is 11.5 Å². The third-order valence-corrected chi connectivity index (χ3v) is 5.14. The van der Waals surface area contributed by atoms with Gasteiger partial charge in [0.05, 0.1) is 18.2 Å². The van der Waals surface area contributed by atoms with E-state index in [0.29, 0.717) is 30.7 Å². The average molecular weight is 412 g/mol. The lowest BCUT2D eigenvalue weighted by atomic mass is 9.96. The summed E-state index contributed by atoms with van der Waals surface area (Å²) in [4.78, 5) is 24.9. The fraction of sp³-hybridized carbons (Fsp3) is 0.333. The van der Waals surface area contributed by atoms with Gasteiger partial charge in [-0.1, -0.05) is 18.2 Å². The van der Waals surface area contributed by atoms with E-state index in [4.69, 9.17) is 4.74 Å². The van der Waals surface area contributed by atoms with Crippen LogP contribution < -0.4 is 10.2 Å². The molecule has 2 aromatic carbocycles. The van der Waals surface area contributed by atoms with E-state index in [2.05, 4.69) is 15.4 Å². The second kappa shape index (κ2) is 9.84. The van der Waals surface area contributed by atoms with E-state index >= 15 is 0 Å². The molecule has 1 fully saturated rings. The largest absolute Gasteiger partial charge is 0.504 e. The van der Waals surface area contributed by atoms with Crippen molar-refractivity contribution in [3.63, 3.8) is 0 Å². The number of benzene rings is 2. The zero-order valence-corrected chi connectivity index (χ0v) is 16.7. The van der Waals surface area contributed by atoms with Crippen molar-refractivity contribution in [1.82, 2.24) is 10.3 Å². The number of carbonyl (C=O) groups is 1. The molecule has 0 aromatic heterocycles. The van der Waals surface area contributed by atoms with Crippen LogP contribution in [0.2, 0.25) is 0 Å². The summed E-state index contributed by atoms with van der Waals surface area (Å²) in [5.41, 5.74) is 4.08. The molecular weight excluding hydrogens is 388 g/mol. The van der Waals surface area contributed by atoms with Crippen molar-refractivity contribution in [2.24, 2.45) is 11.0 Å². The highest BCUT2D eigenvalue weighted by Crippen LogP contribution is 2.28. The van der Waals surface area contributed by atoms with Crippen LogP contribution in [0.4, 0.5) is 5.69 Å². The normalized spacial score (nSPS) is 15.2. The van der Waals surface area contributed by atoms with Crippen molar-refractivity contribution >= 4 is 17.8 Å². The number of methoxy groups -OCH3 is 1. The fourth-order valence-corrected chi connectivity index (χ4v) is 3.40. The molecule has 0 unspecified atom stereocenters. The summed E-state index contributed by atoms with van der Waals surface area (Å²) in [6.07, 6.45) is 2.80. The highest BCUT2D eigenvalue weighted by molar-refractivity contribution is 5.86. The summed E-state index contributed by atoms with van der Waals surface area (Å²) in [5, 5.41) is 24.7. The minimum absolute atomic E-state index is 0.0300. The van der Waals surface area contributed by atoms with Gasteiger partial charge in [0.15, 0.2) is 11.5 Å². The molecule has 0 spiro atoms. The Morgan fingerprint density at radius 3 is 2.63 bits per heavy atom. The average Bonchev–Trinajstić information content (AvgIpc) is 2.75. The van der Waals surface area contributed by atoms with Gasteiger partial charge in [0.2, 0.25) is 5.91 Å². The van der Waals surface area contributed by atoms with Crippen LogP contribution in [-0.2, 0) is 11.3 Å². The zero-order chi connectivity index (χ0) is 21.5. The quantitative estimate of drug-likeness (QED) is 0.410. The lowest BCUT2D eigenvalue weighted by Gasteiger charge is -2.30. The summed E-state index contributed by atoms with van der Waals surface area (Å²) < 4.78 is 5.04. The molecule has 1 aliphatic heterocycles. The van der Waals surface area contributed by atoms with Gasteiger partial charge in [0.25, 0.3) is 5.69 Å². The number of phenolic OH excluding ortho intramolecular Hbond substituents is 1. The van der Waals surface area contributed by atoms with E-state index in [-0.39, 0.29) is 23.3 Å². The smallest absolute Gasteiger partial charge is 0.269 e. The van der Waals surface area contributed by atoms with Crippen molar-refractivity contribution in [2.75, 3.05) is 20.2 Å². The maximum Gasteiger partial charge on any atom is 0.269 e. The Balaban J connectivity index is 1.46. The van der Waals surface area contributed by atoms with Crippen LogP contribution >= 0.6 is 0 Å². The second-order valence-corrected chi connectivity index (χ2v) is 7.11. The van der Waals surface area contributed by atoms with E-state index in [1.165, 1.54) is 25.5 Å². The SMILES string of the molecule is COc1cccc(/C=N\NC(=O)C2CCN(Cc3ccc([N+](=O)[O-])cc3)CC2)c1O. The molecule has 9 heteroatoms. The van der Waals surface area contributed by atoms with Gasteiger partial charge < -0.3 is 9.84 Å². The topological polar surface area (TPSA) is 117 Å². The van der Waals surface area contributed by atoms with Crippen molar-refractivity contribution in [2.45, 2.75) is 19.4 Å². The van der Waals surface area contributed by atoms with Crippen molar-refractivity contribution < 1.29 is 19.6 Å². The van der Waals surface area contributed by atoms with Gasteiger partial charge in [-0.15, -0.1) is 0 Å². The highest BCUT2D eigenvalue weighted by atomic mass is 16.6. The van der Waals surface area contributed by atoms with E-state index in [0.717, 1.165) is 18.7 Å². The molecule has 30 heavy (non-hydrogen) atoms. The van der Waals surface area contributed by atoms with Gasteiger partial charge in [0.1, 0.15) is 0 Å². The zero-order valence-electron chi connectivity index (χ0n) is 16.7. The molecule has 0 atom stereocenters. The molecular formula is C21H24N4O5. The number of nitrogens with one attached hydrogen (secondary N) is 1. The number of aromatic hydroxyl groups is 1. The Kier molecular flexibility index (Phi) is 6.97. The molecule has 1 aliphatic rings. The Hall–Kier alpha value is -3.46. The summed E-state index contributed by atoms with van der Waals surface area (Å²) in [7, 11) is 1.46. The third kappa shape index (κ3) is 5.32. The molecule has 158 valence electrons. The minimum Gasteiger partial charge on any atom is -0.504 e. The maximum absolute atomic E-state index is 12.4. The molecule has 0 aliphatic carbocycles. The molecule has 2 N–H and O–H groups in total. The number of non-ortho nitro benzene ring substituents is 1. The van der Waals surface area contributed by atoms with Crippen molar-refractivity contribution in [3.05, 3.63) is 63.7 Å². The standard InChI is InChI=1S/C21H24N4O5/c1-30-19-4-2-3-17(20(19)26)13-22-23-21(27)16-9-11-24(12-10-16)14-15-5-7-18(8-6-15)25(28)29/h2-8,13,16,26H,9-12,14H2,1H3,(H,23,27)/b22-13-. The van der Waals surface area contributed by atoms with Crippen LogP contribution in [0, 0.1) is 16.0 Å².